The normalized spacial score (nSPS) is 18.5. The van der Waals surface area contributed by atoms with Crippen molar-refractivity contribution in [2.24, 2.45) is 23.7 Å². The van der Waals surface area contributed by atoms with Gasteiger partial charge < -0.3 is 67.3 Å². The Morgan fingerprint density at radius 1 is 0.392 bits per heavy atom. The number of aryl methyl sites for hydroxylation is 3. The van der Waals surface area contributed by atoms with Crippen LogP contribution < -0.4 is 48.7 Å². The van der Waals surface area contributed by atoms with Crippen LogP contribution in [0, 0.1) is 44.4 Å². The van der Waals surface area contributed by atoms with E-state index in [1.165, 1.54) is 84.2 Å². The van der Waals surface area contributed by atoms with E-state index < -0.39 is 70.7 Å². The minimum absolute atomic E-state index is 0.0942. The molecule has 16 rings (SSSR count). The van der Waals surface area contributed by atoms with Crippen molar-refractivity contribution < 1.29 is 62.5 Å². The molecule has 12 heterocycles. The van der Waals surface area contributed by atoms with E-state index in [2.05, 4.69) is 203 Å². The number of nitrogens with one attached hydrogen (secondary N) is 7. The van der Waals surface area contributed by atoms with Gasteiger partial charge in [-0.05, 0) is 329 Å². The van der Waals surface area contributed by atoms with Crippen LogP contribution in [0.2, 0.25) is 0 Å². The molecule has 0 aliphatic carbocycles. The van der Waals surface area contributed by atoms with Crippen LogP contribution >= 0.6 is 45.3 Å². The lowest BCUT2D eigenvalue weighted by atomic mass is 9.89. The van der Waals surface area contributed by atoms with Crippen LogP contribution in [0.4, 0.5) is 55.6 Å². The molecule has 4 aliphatic rings. The molecule has 12 N–H and O–H groups in total. The van der Waals surface area contributed by atoms with Crippen LogP contribution in [0.15, 0.2) is 174 Å². The van der Waals surface area contributed by atoms with Crippen LogP contribution in [0.5, 0.6) is 0 Å². The second-order valence-electron chi connectivity index (χ2n) is 35.5. The van der Waals surface area contributed by atoms with Gasteiger partial charge in [0.2, 0.25) is 0 Å². The molecular formula is C97H112N16O13S4. The molecule has 0 unspecified atom stereocenters. The second kappa shape index (κ2) is 43.1. The summed E-state index contributed by atoms with van der Waals surface area (Å²) in [7, 11) is 0. The highest BCUT2D eigenvalue weighted by Crippen LogP contribution is 2.41. The zero-order valence-corrected chi connectivity index (χ0v) is 78.4. The number of fused-ring (bicyclic) bond motifs is 4. The highest BCUT2D eigenvalue weighted by Gasteiger charge is 2.38. The predicted octanol–water partition coefficient (Wildman–Crippen LogP) is 19.6. The number of carbonyl (C=O) groups excluding carboxylic acids is 9. The van der Waals surface area contributed by atoms with Crippen molar-refractivity contribution in [3.63, 3.8) is 0 Å². The van der Waals surface area contributed by atoms with Crippen molar-refractivity contribution in [3.8, 4) is 0 Å². The highest BCUT2D eigenvalue weighted by atomic mass is 32.1. The standard InChI is InChI=1S/C27H32N4O4S.C22H24N4O2S.C21H22N4O2S.C14H17NS.C13H17N3O5/c1-16-6-8-21(18-7-9-22-19(13-18)10-11-36-22)31(15-16)25(33)24(32)29-20-12-17(2)23(28-14-20)30-26(34)35-27(3,4)5;1-13-3-5-18(15-4-6-19-16(10-15)7-8-29-19)26(12-13)22(28)21(27)25-17-9-14(2)20(23)24-11-17;1-13-2-5-17(14-3-6-18-15(10-14)8-9-28-18)25(12-13)21(27)20(26)24-16-4-7-19(22)23-11-16;1-10-2-4-13(15-9-10)11-3-5-14-12(8-11)6-7-16-14;1-7-5-8(15-10(17)11(18)19)6-14-9(7)16-12(20)21-13(2,3)4/h7,9-14,16,21H,6,8,15H2,1-5H3,(H,29,32)(H,28,30,34);4,6-11,13,18H,3,5,12H2,1-2H3,(H2,23,24)(H,25,27);3-4,6-11,13,17H,2,5,12H2,1H3,(H2,22,23)(H,24,26);3,5-8,10,13,15H,2,4,9H2,1H3;5-6H,1-4H3,(H,15,17)(H,18,19)(H,14,16,20)/t16-,21+;13-,18+;13-,17+;10-,13+;/m1011./s1. The number of thiophene rings is 4. The number of amides is 9. The van der Waals surface area contributed by atoms with Gasteiger partial charge in [-0.2, -0.15) is 0 Å². The first-order valence-corrected chi connectivity index (χ1v) is 46.8. The summed E-state index contributed by atoms with van der Waals surface area (Å²) in [6.45, 7) is 27.2. The number of carboxylic acids is 1. The molecule has 0 radical (unpaired) electrons. The minimum atomic E-state index is -1.59. The Morgan fingerprint density at radius 3 is 1.07 bits per heavy atom. The third kappa shape index (κ3) is 26.2. The quantitative estimate of drug-likeness (QED) is 0.0569. The maximum atomic E-state index is 13.3. The first kappa shape index (κ1) is 96.3. The second-order valence-corrected chi connectivity index (χ2v) is 39.3. The number of hydrogen-bond acceptors (Lipinski definition) is 23. The molecule has 4 saturated heterocycles. The average molecular weight is 1840 g/mol. The Balaban J connectivity index is 0.000000150. The summed E-state index contributed by atoms with van der Waals surface area (Å²) >= 11 is 6.90. The van der Waals surface area contributed by atoms with Crippen LogP contribution in [-0.2, 0) is 47.8 Å². The number of piperidine rings is 4. The van der Waals surface area contributed by atoms with Crippen molar-refractivity contribution in [1.82, 2.24) is 40.0 Å². The van der Waals surface area contributed by atoms with Gasteiger partial charge in [0.15, 0.2) is 0 Å². The number of nitrogens with two attached hydrogens (primary N) is 2. The molecule has 682 valence electrons. The number of hydrogen-bond donors (Lipinski definition) is 10. The Labute approximate surface area is 771 Å². The molecule has 130 heavy (non-hydrogen) atoms. The number of carbonyl (C=O) groups is 10. The van der Waals surface area contributed by atoms with Crippen LogP contribution in [0.1, 0.15) is 184 Å². The highest BCUT2D eigenvalue weighted by molar-refractivity contribution is 7.18. The summed E-state index contributed by atoms with van der Waals surface area (Å²) in [5, 5.41) is 40.6. The molecule has 4 fully saturated rings. The Kier molecular flexibility index (Phi) is 31.9. The fourth-order valence-electron chi connectivity index (χ4n) is 15.8. The number of nitrogens with zero attached hydrogens (tertiary/aromatic N) is 7. The van der Waals surface area contributed by atoms with E-state index >= 15 is 0 Å². The molecule has 0 saturated carbocycles. The Morgan fingerprint density at radius 2 is 0.731 bits per heavy atom. The van der Waals surface area contributed by atoms with E-state index in [0.29, 0.717) is 89.1 Å². The Bertz CT molecular complexity index is 6110. The molecule has 8 atom stereocenters. The maximum absolute atomic E-state index is 13.3. The number of carboxylic acid groups (broad SMARTS) is 1. The number of anilines is 8. The van der Waals surface area contributed by atoms with Crippen LogP contribution in [-0.4, -0.2) is 137 Å². The third-order valence-corrected chi connectivity index (χ3v) is 26.1. The number of ether oxygens (including phenoxy) is 2. The van der Waals surface area contributed by atoms with Crippen molar-refractivity contribution in [2.45, 2.75) is 177 Å². The fourth-order valence-corrected chi connectivity index (χ4v) is 18.9. The first-order chi connectivity index (χ1) is 61.8. The van der Waals surface area contributed by atoms with Crippen molar-refractivity contribution in [2.75, 3.05) is 69.5 Å². The van der Waals surface area contributed by atoms with Crippen molar-refractivity contribution in [3.05, 3.63) is 213 Å². The van der Waals surface area contributed by atoms with E-state index in [1.54, 1.807) is 128 Å². The minimum Gasteiger partial charge on any atom is -0.474 e. The molecule has 4 aromatic carbocycles. The predicted molar refractivity (Wildman–Crippen MR) is 517 cm³/mol. The monoisotopic (exact) mass is 1840 g/mol. The van der Waals surface area contributed by atoms with E-state index in [0.717, 1.165) is 78.6 Å². The van der Waals surface area contributed by atoms with E-state index in [9.17, 15) is 47.9 Å². The largest absolute Gasteiger partial charge is 0.474 e. The number of pyridine rings is 4. The van der Waals surface area contributed by atoms with Crippen LogP contribution in [0.3, 0.4) is 0 Å². The lowest BCUT2D eigenvalue weighted by Crippen LogP contribution is -2.46. The van der Waals surface area contributed by atoms with Gasteiger partial charge in [0.25, 0.3) is 0 Å². The summed E-state index contributed by atoms with van der Waals surface area (Å²) in [5.74, 6) is -3.15. The van der Waals surface area contributed by atoms with Gasteiger partial charge in [0.05, 0.1) is 65.7 Å². The number of benzene rings is 4. The van der Waals surface area contributed by atoms with E-state index in [4.69, 9.17) is 26.0 Å². The summed E-state index contributed by atoms with van der Waals surface area (Å²) in [4.78, 5) is 144. The number of aromatic nitrogens is 4. The topological polar surface area (TPSA) is 407 Å². The number of rotatable bonds is 10. The van der Waals surface area contributed by atoms with Gasteiger partial charge in [0, 0.05) is 44.5 Å². The average Bonchev–Trinajstić information content (AvgIpc) is 1.34. The van der Waals surface area contributed by atoms with Crippen molar-refractivity contribution >= 4 is 191 Å². The molecule has 12 aromatic rings. The zero-order valence-electron chi connectivity index (χ0n) is 75.1. The first-order valence-electron chi connectivity index (χ1n) is 43.2. The summed E-state index contributed by atoms with van der Waals surface area (Å²) < 4.78 is 15.4. The third-order valence-electron chi connectivity index (χ3n) is 22.5. The molecule has 0 bridgehead atoms. The van der Waals surface area contributed by atoms with Gasteiger partial charge in [-0.1, -0.05) is 52.0 Å². The van der Waals surface area contributed by atoms with Gasteiger partial charge in [-0.3, -0.25) is 44.2 Å². The number of likely N-dealkylation sites (tertiary alicyclic amines) is 3. The maximum Gasteiger partial charge on any atom is 0.413 e. The van der Waals surface area contributed by atoms with E-state index in [-0.39, 0.29) is 29.6 Å². The molecule has 9 amide bonds. The molecule has 29 nitrogen and oxygen atoms in total. The smallest absolute Gasteiger partial charge is 0.413 e. The van der Waals surface area contributed by atoms with Gasteiger partial charge in [0.1, 0.15) is 34.5 Å². The summed E-state index contributed by atoms with van der Waals surface area (Å²) in [5.41, 5.74) is 18.1. The molecular weight excluding hydrogens is 1730 g/mol. The Hall–Kier alpha value is -12.8. The van der Waals surface area contributed by atoms with Crippen molar-refractivity contribution in [1.29, 1.82) is 0 Å². The number of aliphatic carboxylic acids is 1. The van der Waals surface area contributed by atoms with E-state index in [1.807, 2.05) is 18.3 Å². The lowest BCUT2D eigenvalue weighted by molar-refractivity contribution is -0.147. The van der Waals surface area contributed by atoms with Gasteiger partial charge >= 0.3 is 59.5 Å². The van der Waals surface area contributed by atoms with Gasteiger partial charge in [-0.25, -0.2) is 34.3 Å². The molecule has 4 aliphatic heterocycles. The summed E-state index contributed by atoms with van der Waals surface area (Å²) in [6.07, 6.45) is 12.5. The molecule has 8 aromatic heterocycles. The SMILES string of the molecule is C[C@@H]1CC[C@@H](c2ccc3sccc3c2)N(C(=O)C(=O)Nc2ccc(N)nc2)C1.C[C@@H]1CC[C@@H](c2ccc3sccc3c2)NC1.Cc1cc(NC(=O)C(=O)N2C[C@@H](C)CC[C@@H]2c2ccc3sccc3c2)cnc1N.Cc1cc(NC(=O)C(=O)N2C[C@H](C)CC[C@H]2c2ccc3sccc3c2)cnc1NC(=O)OC(C)(C)C.Cc1cc(NC(=O)C(=O)O)cnc1NC(=O)OC(C)(C)C. The van der Waals surface area contributed by atoms with Crippen LogP contribution in [0.25, 0.3) is 40.3 Å². The number of nitrogen functional groups attached to an aromatic ring is 2. The lowest BCUT2D eigenvalue weighted by Gasteiger charge is -2.38. The molecule has 33 heteroatoms. The fraction of sp³-hybridized carbons (Fsp3) is 0.361. The van der Waals surface area contributed by atoms with Gasteiger partial charge in [-0.15, -0.1) is 45.3 Å². The summed E-state index contributed by atoms with van der Waals surface area (Å²) in [6, 6.07) is 42.5. The molecule has 0 spiro atoms. The zero-order chi connectivity index (χ0) is 93.4.